The van der Waals surface area contributed by atoms with Crippen LogP contribution in [0.25, 0.3) is 11.3 Å². The summed E-state index contributed by atoms with van der Waals surface area (Å²) in [5.41, 5.74) is 6.93. The van der Waals surface area contributed by atoms with Gasteiger partial charge in [-0.15, -0.1) is 0 Å². The molecular weight excluding hydrogens is 380 g/mol. The van der Waals surface area contributed by atoms with Crippen LogP contribution in [0.15, 0.2) is 64.1 Å². The first-order valence-corrected chi connectivity index (χ1v) is 9.71. The molecule has 1 N–H and O–H groups in total. The Morgan fingerprint density at radius 1 is 1.10 bits per heavy atom. The molecule has 1 aromatic heterocycles. The van der Waals surface area contributed by atoms with Crippen molar-refractivity contribution in [1.29, 1.82) is 0 Å². The summed E-state index contributed by atoms with van der Waals surface area (Å²) >= 11 is 0. The molecule has 6 nitrogen and oxygen atoms in total. The van der Waals surface area contributed by atoms with Crippen molar-refractivity contribution in [3.05, 3.63) is 82.6 Å². The fourth-order valence-corrected chi connectivity index (χ4v) is 3.02. The number of amides is 1. The molecule has 30 heavy (non-hydrogen) atoms. The maximum Gasteiger partial charge on any atom is 0.338 e. The number of esters is 1. The fourth-order valence-electron chi connectivity index (χ4n) is 3.02. The van der Waals surface area contributed by atoms with E-state index in [4.69, 9.17) is 9.15 Å². The zero-order chi connectivity index (χ0) is 21.5. The third-order valence-electron chi connectivity index (χ3n) is 4.52. The predicted molar refractivity (Wildman–Crippen MR) is 115 cm³/mol. The van der Waals surface area contributed by atoms with E-state index in [0.717, 1.165) is 22.3 Å². The molecule has 2 aromatic carbocycles. The van der Waals surface area contributed by atoms with Crippen molar-refractivity contribution in [2.24, 2.45) is 5.10 Å². The fraction of sp³-hybridized carbons (Fsp3) is 0.208. The second-order valence-corrected chi connectivity index (χ2v) is 6.90. The Balaban J connectivity index is 1.61. The lowest BCUT2D eigenvalue weighted by Gasteiger charge is -2.05. The average Bonchev–Trinajstić information content (AvgIpc) is 3.19. The number of ether oxygens (including phenoxy) is 1. The lowest BCUT2D eigenvalue weighted by molar-refractivity contribution is -0.120. The van der Waals surface area contributed by atoms with Gasteiger partial charge in [-0.25, -0.2) is 10.2 Å². The van der Waals surface area contributed by atoms with Gasteiger partial charge in [-0.3, -0.25) is 4.79 Å². The second kappa shape index (κ2) is 9.69. The number of benzene rings is 2. The summed E-state index contributed by atoms with van der Waals surface area (Å²) in [7, 11) is 0. The number of nitrogens with zero attached hydrogens (tertiary/aromatic N) is 1. The van der Waals surface area contributed by atoms with Crippen molar-refractivity contribution >= 4 is 18.1 Å². The van der Waals surface area contributed by atoms with Gasteiger partial charge in [-0.1, -0.05) is 35.9 Å². The van der Waals surface area contributed by atoms with Crippen molar-refractivity contribution in [3.63, 3.8) is 0 Å². The number of hydrogen-bond donors (Lipinski definition) is 1. The van der Waals surface area contributed by atoms with Gasteiger partial charge < -0.3 is 9.15 Å². The van der Waals surface area contributed by atoms with Crippen LogP contribution in [0.1, 0.15) is 39.7 Å². The molecule has 0 aliphatic heterocycles. The van der Waals surface area contributed by atoms with E-state index in [0.29, 0.717) is 23.7 Å². The van der Waals surface area contributed by atoms with E-state index in [-0.39, 0.29) is 18.3 Å². The summed E-state index contributed by atoms with van der Waals surface area (Å²) in [6.45, 7) is 6.09. The number of carbonyl (C=O) groups is 2. The molecule has 0 fully saturated rings. The molecule has 0 atom stereocenters. The maximum absolute atomic E-state index is 12.1. The number of hydrogen-bond acceptors (Lipinski definition) is 5. The highest BCUT2D eigenvalue weighted by molar-refractivity contribution is 5.91. The Kier molecular flexibility index (Phi) is 6.80. The van der Waals surface area contributed by atoms with Crippen molar-refractivity contribution in [2.45, 2.75) is 27.2 Å². The molecule has 1 amide bonds. The molecule has 3 rings (SSSR count). The third-order valence-corrected chi connectivity index (χ3v) is 4.52. The Labute approximate surface area is 175 Å². The number of hydrazone groups is 1. The Bertz CT molecular complexity index is 1080. The van der Waals surface area contributed by atoms with Crippen LogP contribution < -0.4 is 5.43 Å². The molecule has 154 valence electrons. The zero-order valence-electron chi connectivity index (χ0n) is 17.3. The topological polar surface area (TPSA) is 80.9 Å². The minimum atomic E-state index is -0.376. The first-order valence-electron chi connectivity index (χ1n) is 9.71. The van der Waals surface area contributed by atoms with Crippen LogP contribution in [0.2, 0.25) is 0 Å². The van der Waals surface area contributed by atoms with Gasteiger partial charge in [0.15, 0.2) is 0 Å². The number of furan rings is 1. The van der Waals surface area contributed by atoms with Crippen LogP contribution in [-0.2, 0) is 16.0 Å². The van der Waals surface area contributed by atoms with Crippen LogP contribution in [0.3, 0.4) is 0 Å². The highest BCUT2D eigenvalue weighted by Gasteiger charge is 2.10. The molecule has 6 heteroatoms. The number of nitrogens with one attached hydrogen (secondary N) is 1. The smallest absolute Gasteiger partial charge is 0.338 e. The van der Waals surface area contributed by atoms with E-state index in [1.807, 2.05) is 38.1 Å². The molecule has 0 aliphatic carbocycles. The molecule has 0 saturated heterocycles. The molecule has 0 saturated carbocycles. The molecule has 3 aromatic rings. The van der Waals surface area contributed by atoms with E-state index in [1.165, 1.54) is 6.21 Å². The zero-order valence-corrected chi connectivity index (χ0v) is 17.3. The van der Waals surface area contributed by atoms with E-state index in [1.54, 1.807) is 37.3 Å². The van der Waals surface area contributed by atoms with Crippen LogP contribution >= 0.6 is 0 Å². The molecule has 0 spiro atoms. The van der Waals surface area contributed by atoms with E-state index in [9.17, 15) is 9.59 Å². The summed E-state index contributed by atoms with van der Waals surface area (Å²) in [6, 6.07) is 16.5. The first-order chi connectivity index (χ1) is 14.5. The number of aryl methyl sites for hydroxylation is 2. The molecule has 0 unspecified atom stereocenters. The minimum absolute atomic E-state index is 0.202. The minimum Gasteiger partial charge on any atom is -0.462 e. The third kappa shape index (κ3) is 5.44. The van der Waals surface area contributed by atoms with Crippen molar-refractivity contribution < 1.29 is 18.7 Å². The summed E-state index contributed by atoms with van der Waals surface area (Å²) in [5.74, 6) is 0.494. The van der Waals surface area contributed by atoms with Gasteiger partial charge in [-0.2, -0.15) is 5.10 Å². The number of rotatable bonds is 7. The Morgan fingerprint density at radius 2 is 1.93 bits per heavy atom. The summed E-state index contributed by atoms with van der Waals surface area (Å²) in [6.07, 6.45) is 1.70. The monoisotopic (exact) mass is 404 g/mol. The van der Waals surface area contributed by atoms with Crippen LogP contribution in [0.5, 0.6) is 0 Å². The van der Waals surface area contributed by atoms with E-state index in [2.05, 4.69) is 10.5 Å². The van der Waals surface area contributed by atoms with Gasteiger partial charge in [-0.05, 0) is 56.2 Å². The van der Waals surface area contributed by atoms with Crippen molar-refractivity contribution in [3.8, 4) is 11.3 Å². The maximum atomic E-state index is 12.1. The van der Waals surface area contributed by atoms with Crippen LogP contribution in [0.4, 0.5) is 0 Å². The second-order valence-electron chi connectivity index (χ2n) is 6.90. The SMILES string of the molecule is CCOC(=O)c1cccc(-c2ccc(/C=N\NC(=O)Cc3ccc(C)cc3C)o2)c1. The molecular formula is C24H24N2O4. The highest BCUT2D eigenvalue weighted by Crippen LogP contribution is 2.23. The Morgan fingerprint density at radius 3 is 2.70 bits per heavy atom. The summed E-state index contributed by atoms with van der Waals surface area (Å²) in [4.78, 5) is 24.0. The van der Waals surface area contributed by atoms with Gasteiger partial charge in [0.1, 0.15) is 11.5 Å². The summed E-state index contributed by atoms with van der Waals surface area (Å²) in [5, 5.41) is 3.97. The molecule has 0 bridgehead atoms. The lowest BCUT2D eigenvalue weighted by Crippen LogP contribution is -2.20. The van der Waals surface area contributed by atoms with Crippen LogP contribution in [0, 0.1) is 13.8 Å². The molecule has 1 heterocycles. The van der Waals surface area contributed by atoms with Crippen molar-refractivity contribution in [2.75, 3.05) is 6.61 Å². The van der Waals surface area contributed by atoms with E-state index < -0.39 is 0 Å². The largest absolute Gasteiger partial charge is 0.462 e. The quantitative estimate of drug-likeness (QED) is 0.359. The van der Waals surface area contributed by atoms with Crippen molar-refractivity contribution in [1.82, 2.24) is 5.43 Å². The van der Waals surface area contributed by atoms with Gasteiger partial charge in [0.2, 0.25) is 5.91 Å². The van der Waals surface area contributed by atoms with Crippen LogP contribution in [-0.4, -0.2) is 24.7 Å². The molecule has 0 radical (unpaired) electrons. The predicted octanol–water partition coefficient (Wildman–Crippen LogP) is 4.43. The summed E-state index contributed by atoms with van der Waals surface area (Å²) < 4.78 is 10.8. The van der Waals surface area contributed by atoms with Gasteiger partial charge >= 0.3 is 5.97 Å². The normalized spacial score (nSPS) is 10.9. The van der Waals surface area contributed by atoms with Gasteiger partial charge in [0, 0.05) is 5.56 Å². The first kappa shape index (κ1) is 21.0. The molecule has 0 aliphatic rings. The van der Waals surface area contributed by atoms with Gasteiger partial charge in [0.05, 0.1) is 24.8 Å². The van der Waals surface area contributed by atoms with Gasteiger partial charge in [0.25, 0.3) is 0 Å². The van der Waals surface area contributed by atoms with E-state index >= 15 is 0 Å². The standard InChI is InChI=1S/C24H24N2O4/c1-4-29-24(28)20-7-5-6-19(13-20)22-11-10-21(30-22)15-25-26-23(27)14-18-9-8-16(2)12-17(18)3/h5-13,15H,4,14H2,1-3H3,(H,26,27)/b25-15-. The Hall–Kier alpha value is -3.67. The highest BCUT2D eigenvalue weighted by atomic mass is 16.5. The lowest BCUT2D eigenvalue weighted by atomic mass is 10.0. The average molecular weight is 404 g/mol. The number of carbonyl (C=O) groups excluding carboxylic acids is 2.